The summed E-state index contributed by atoms with van der Waals surface area (Å²) in [4.78, 5) is 2.27. The number of aliphatic hydroxyl groups is 3. The minimum absolute atomic E-state index is 0.0806. The highest BCUT2D eigenvalue weighted by Gasteiger charge is 2.35. The van der Waals surface area contributed by atoms with Crippen LogP contribution in [0.5, 0.6) is 0 Å². The average Bonchev–Trinajstić information content (AvgIpc) is 2.46. The van der Waals surface area contributed by atoms with Crippen molar-refractivity contribution in [3.63, 3.8) is 0 Å². The first-order chi connectivity index (χ1) is 9.67. The van der Waals surface area contributed by atoms with Crippen molar-refractivity contribution in [2.45, 2.75) is 50.2 Å². The van der Waals surface area contributed by atoms with E-state index in [4.69, 9.17) is 9.84 Å². The van der Waals surface area contributed by atoms with Gasteiger partial charge in [-0.2, -0.15) is 0 Å². The van der Waals surface area contributed by atoms with Gasteiger partial charge in [0.2, 0.25) is 0 Å². The second-order valence-electron chi connectivity index (χ2n) is 6.40. The Kier molecular flexibility index (Phi) is 6.23. The normalized spacial score (nSPS) is 36.1. The SMILES string of the molecule is OCCOC1CCCCC1CN1CCCC(O)(CO)C1. The Labute approximate surface area is 121 Å². The van der Waals surface area contributed by atoms with E-state index >= 15 is 0 Å². The second kappa shape index (κ2) is 7.71. The van der Waals surface area contributed by atoms with Gasteiger partial charge in [0.25, 0.3) is 0 Å². The molecule has 3 N–H and O–H groups in total. The molecule has 0 spiro atoms. The van der Waals surface area contributed by atoms with Crippen LogP contribution in [0.15, 0.2) is 0 Å². The Balaban J connectivity index is 1.86. The lowest BCUT2D eigenvalue weighted by Gasteiger charge is -2.41. The van der Waals surface area contributed by atoms with Crippen LogP contribution in [0, 0.1) is 5.92 Å². The first kappa shape index (κ1) is 16.2. The lowest BCUT2D eigenvalue weighted by Crippen LogP contribution is -2.52. The predicted octanol–water partition coefficient (Wildman–Crippen LogP) is 0.373. The molecule has 1 saturated carbocycles. The van der Waals surface area contributed by atoms with Crippen molar-refractivity contribution in [2.24, 2.45) is 5.92 Å². The van der Waals surface area contributed by atoms with Crippen molar-refractivity contribution in [3.8, 4) is 0 Å². The zero-order chi connectivity index (χ0) is 14.4. The minimum Gasteiger partial charge on any atom is -0.394 e. The molecule has 5 nitrogen and oxygen atoms in total. The highest BCUT2D eigenvalue weighted by atomic mass is 16.5. The number of ether oxygens (including phenoxy) is 1. The highest BCUT2D eigenvalue weighted by molar-refractivity contribution is 4.88. The number of likely N-dealkylation sites (tertiary alicyclic amines) is 1. The quantitative estimate of drug-likeness (QED) is 0.658. The van der Waals surface area contributed by atoms with Crippen molar-refractivity contribution >= 4 is 0 Å². The fourth-order valence-electron chi connectivity index (χ4n) is 3.63. The summed E-state index contributed by atoms with van der Waals surface area (Å²) in [7, 11) is 0. The standard InChI is InChI=1S/C15H29NO4/c17-8-9-20-14-5-2-1-4-13(14)10-16-7-3-6-15(19,11-16)12-18/h13-14,17-19H,1-12H2. The fraction of sp³-hybridized carbons (Fsp3) is 1.00. The Morgan fingerprint density at radius 2 is 1.95 bits per heavy atom. The molecule has 1 heterocycles. The molecule has 0 aromatic carbocycles. The third kappa shape index (κ3) is 4.40. The lowest BCUT2D eigenvalue weighted by atomic mass is 9.84. The van der Waals surface area contributed by atoms with Gasteiger partial charge in [0.05, 0.1) is 25.9 Å². The Hall–Kier alpha value is -0.200. The number of hydrogen-bond acceptors (Lipinski definition) is 5. The van der Waals surface area contributed by atoms with Crippen LogP contribution >= 0.6 is 0 Å². The topological polar surface area (TPSA) is 73.2 Å². The molecule has 0 aromatic rings. The molecule has 5 heteroatoms. The summed E-state index contributed by atoms with van der Waals surface area (Å²) in [5.74, 6) is 0.483. The van der Waals surface area contributed by atoms with Gasteiger partial charge in [-0.15, -0.1) is 0 Å². The number of hydrogen-bond donors (Lipinski definition) is 3. The molecule has 0 aromatic heterocycles. The van der Waals surface area contributed by atoms with Crippen molar-refractivity contribution in [2.75, 3.05) is 39.5 Å². The maximum Gasteiger partial charge on any atom is 0.100 e. The molecule has 1 aliphatic carbocycles. The monoisotopic (exact) mass is 287 g/mol. The zero-order valence-electron chi connectivity index (χ0n) is 12.3. The van der Waals surface area contributed by atoms with Gasteiger partial charge < -0.3 is 25.0 Å². The Morgan fingerprint density at radius 1 is 1.15 bits per heavy atom. The molecule has 0 radical (unpaired) electrons. The summed E-state index contributed by atoms with van der Waals surface area (Å²) in [6.45, 7) is 2.83. The summed E-state index contributed by atoms with van der Waals surface area (Å²) in [5.41, 5.74) is -0.922. The van der Waals surface area contributed by atoms with Gasteiger partial charge in [-0.1, -0.05) is 12.8 Å². The molecular weight excluding hydrogens is 258 g/mol. The van der Waals surface area contributed by atoms with Crippen LogP contribution in [0.4, 0.5) is 0 Å². The van der Waals surface area contributed by atoms with Crippen LogP contribution in [0.1, 0.15) is 38.5 Å². The van der Waals surface area contributed by atoms with Crippen LogP contribution in [0.3, 0.4) is 0 Å². The first-order valence-corrected chi connectivity index (χ1v) is 7.95. The highest BCUT2D eigenvalue weighted by Crippen LogP contribution is 2.29. The first-order valence-electron chi connectivity index (χ1n) is 7.95. The van der Waals surface area contributed by atoms with Gasteiger partial charge in [-0.25, -0.2) is 0 Å². The molecule has 2 fully saturated rings. The van der Waals surface area contributed by atoms with E-state index in [1.807, 2.05) is 0 Å². The van der Waals surface area contributed by atoms with E-state index in [0.29, 0.717) is 25.5 Å². The number of aliphatic hydroxyl groups excluding tert-OH is 2. The van der Waals surface area contributed by atoms with E-state index in [1.54, 1.807) is 0 Å². The molecule has 1 aliphatic heterocycles. The van der Waals surface area contributed by atoms with Gasteiger partial charge in [-0.3, -0.25) is 0 Å². The molecule has 1 saturated heterocycles. The van der Waals surface area contributed by atoms with Crippen molar-refractivity contribution in [1.29, 1.82) is 0 Å². The third-order valence-electron chi connectivity index (χ3n) is 4.68. The van der Waals surface area contributed by atoms with Crippen LogP contribution in [0.2, 0.25) is 0 Å². The van der Waals surface area contributed by atoms with Crippen molar-refractivity contribution < 1.29 is 20.1 Å². The van der Waals surface area contributed by atoms with E-state index in [1.165, 1.54) is 12.8 Å². The Bertz CT molecular complexity index is 289. The van der Waals surface area contributed by atoms with Gasteiger partial charge in [0.15, 0.2) is 0 Å². The van der Waals surface area contributed by atoms with E-state index in [9.17, 15) is 10.2 Å². The van der Waals surface area contributed by atoms with E-state index in [2.05, 4.69) is 4.90 Å². The predicted molar refractivity (Wildman–Crippen MR) is 76.5 cm³/mol. The number of rotatable bonds is 6. The molecule has 2 rings (SSSR count). The largest absolute Gasteiger partial charge is 0.394 e. The summed E-state index contributed by atoms with van der Waals surface area (Å²) in [6, 6.07) is 0. The number of nitrogens with zero attached hydrogens (tertiary/aromatic N) is 1. The summed E-state index contributed by atoms with van der Waals surface area (Å²) in [5, 5.41) is 28.5. The third-order valence-corrected chi connectivity index (χ3v) is 4.68. The van der Waals surface area contributed by atoms with Crippen LogP contribution in [0.25, 0.3) is 0 Å². The summed E-state index contributed by atoms with van der Waals surface area (Å²) in [6.07, 6.45) is 6.53. The minimum atomic E-state index is -0.922. The van der Waals surface area contributed by atoms with Gasteiger partial charge in [0, 0.05) is 13.1 Å². The molecule has 0 bridgehead atoms. The molecule has 20 heavy (non-hydrogen) atoms. The number of piperidine rings is 1. The van der Waals surface area contributed by atoms with Gasteiger partial charge >= 0.3 is 0 Å². The summed E-state index contributed by atoms with van der Waals surface area (Å²) < 4.78 is 5.78. The van der Waals surface area contributed by atoms with Crippen molar-refractivity contribution in [3.05, 3.63) is 0 Å². The van der Waals surface area contributed by atoms with E-state index in [0.717, 1.165) is 32.4 Å². The Morgan fingerprint density at radius 3 is 2.70 bits per heavy atom. The maximum absolute atomic E-state index is 10.2. The van der Waals surface area contributed by atoms with E-state index in [-0.39, 0.29) is 19.3 Å². The zero-order valence-corrected chi connectivity index (χ0v) is 12.3. The summed E-state index contributed by atoms with van der Waals surface area (Å²) >= 11 is 0. The van der Waals surface area contributed by atoms with Crippen LogP contribution < -0.4 is 0 Å². The smallest absolute Gasteiger partial charge is 0.100 e. The van der Waals surface area contributed by atoms with Gasteiger partial charge in [-0.05, 0) is 38.1 Å². The van der Waals surface area contributed by atoms with Crippen LogP contribution in [-0.2, 0) is 4.74 Å². The molecule has 2 aliphatic rings. The molecule has 3 unspecified atom stereocenters. The molecular formula is C15H29NO4. The molecule has 0 amide bonds. The lowest BCUT2D eigenvalue weighted by molar-refractivity contribution is -0.0820. The molecule has 118 valence electrons. The average molecular weight is 287 g/mol. The van der Waals surface area contributed by atoms with Crippen molar-refractivity contribution in [1.82, 2.24) is 4.90 Å². The van der Waals surface area contributed by atoms with Crippen LogP contribution in [-0.4, -0.2) is 71.4 Å². The maximum atomic E-state index is 10.2. The second-order valence-corrected chi connectivity index (χ2v) is 6.40. The molecule has 3 atom stereocenters. The van der Waals surface area contributed by atoms with Gasteiger partial charge in [0.1, 0.15) is 5.60 Å². The van der Waals surface area contributed by atoms with E-state index < -0.39 is 5.60 Å². The fourth-order valence-corrected chi connectivity index (χ4v) is 3.63. The number of β-amino-alcohol motifs (C(OH)–C–C–N with tert-alkyl or cyclic N) is 1.